The van der Waals surface area contributed by atoms with Gasteiger partial charge in [-0.1, -0.05) is 30.3 Å². The van der Waals surface area contributed by atoms with E-state index in [0.29, 0.717) is 32.4 Å². The predicted molar refractivity (Wildman–Crippen MR) is 68.9 cm³/mol. The monoisotopic (exact) mass is 246 g/mol. The Balaban J connectivity index is 1.91. The molecule has 1 atom stereocenters. The summed E-state index contributed by atoms with van der Waals surface area (Å²) in [6.07, 6.45) is 1.47. The van der Waals surface area contributed by atoms with Crippen LogP contribution in [0.15, 0.2) is 30.3 Å². The molecule has 1 aliphatic heterocycles. The van der Waals surface area contributed by atoms with Gasteiger partial charge < -0.3 is 10.6 Å². The Bertz CT molecular complexity index is 421. The van der Waals surface area contributed by atoms with Gasteiger partial charge in [0.05, 0.1) is 6.04 Å². The number of hydrogen-bond acceptors (Lipinski definition) is 3. The second kappa shape index (κ2) is 5.78. The van der Waals surface area contributed by atoms with Crippen LogP contribution >= 0.6 is 0 Å². The van der Waals surface area contributed by atoms with Crippen LogP contribution in [0.1, 0.15) is 18.4 Å². The van der Waals surface area contributed by atoms with Gasteiger partial charge in [0, 0.05) is 25.9 Å². The highest BCUT2D eigenvalue weighted by molar-refractivity contribution is 5.86. The maximum absolute atomic E-state index is 12.1. The van der Waals surface area contributed by atoms with Gasteiger partial charge in [-0.2, -0.15) is 0 Å². The molecule has 2 N–H and O–H groups in total. The van der Waals surface area contributed by atoms with Crippen molar-refractivity contribution in [3.63, 3.8) is 0 Å². The van der Waals surface area contributed by atoms with Crippen LogP contribution in [-0.2, 0) is 16.0 Å². The summed E-state index contributed by atoms with van der Waals surface area (Å²) in [6.45, 7) is 1.03. The molecule has 0 radical (unpaired) electrons. The molecule has 1 aromatic carbocycles. The number of piperidine rings is 1. The normalized spacial score (nSPS) is 17.6. The van der Waals surface area contributed by atoms with E-state index in [-0.39, 0.29) is 11.7 Å². The van der Waals surface area contributed by atoms with Crippen LogP contribution in [0.5, 0.6) is 0 Å². The summed E-state index contributed by atoms with van der Waals surface area (Å²) in [5, 5.41) is 0. The number of carbonyl (C=O) groups excluding carboxylic acids is 2. The Labute approximate surface area is 107 Å². The van der Waals surface area contributed by atoms with Gasteiger partial charge in [-0.25, -0.2) is 0 Å². The molecule has 1 amide bonds. The molecule has 4 heteroatoms. The van der Waals surface area contributed by atoms with Crippen LogP contribution in [0.2, 0.25) is 0 Å². The molecule has 1 saturated heterocycles. The number of nitrogens with two attached hydrogens (primary N) is 1. The zero-order valence-electron chi connectivity index (χ0n) is 10.3. The molecule has 96 valence electrons. The summed E-state index contributed by atoms with van der Waals surface area (Å²) in [5.74, 6) is 0.182. The van der Waals surface area contributed by atoms with Crippen molar-refractivity contribution in [2.75, 3.05) is 13.1 Å². The summed E-state index contributed by atoms with van der Waals surface area (Å²) in [6, 6.07) is 9.23. The van der Waals surface area contributed by atoms with Gasteiger partial charge >= 0.3 is 0 Å². The van der Waals surface area contributed by atoms with Crippen molar-refractivity contribution in [1.82, 2.24) is 4.90 Å². The Kier molecular flexibility index (Phi) is 4.10. The van der Waals surface area contributed by atoms with E-state index in [1.807, 2.05) is 30.3 Å². The Hall–Kier alpha value is -1.68. The van der Waals surface area contributed by atoms with Gasteiger partial charge in [0.25, 0.3) is 0 Å². The van der Waals surface area contributed by atoms with Crippen molar-refractivity contribution in [3.05, 3.63) is 35.9 Å². The van der Waals surface area contributed by atoms with Crippen LogP contribution in [0.4, 0.5) is 0 Å². The molecule has 18 heavy (non-hydrogen) atoms. The van der Waals surface area contributed by atoms with Gasteiger partial charge in [0.2, 0.25) is 5.91 Å². The fourth-order valence-corrected chi connectivity index (χ4v) is 2.17. The fraction of sp³-hybridized carbons (Fsp3) is 0.429. The van der Waals surface area contributed by atoms with Crippen LogP contribution < -0.4 is 5.73 Å². The van der Waals surface area contributed by atoms with Crippen molar-refractivity contribution in [2.45, 2.75) is 25.3 Å². The lowest BCUT2D eigenvalue weighted by molar-refractivity contribution is -0.135. The van der Waals surface area contributed by atoms with E-state index in [1.54, 1.807) is 4.90 Å². The highest BCUT2D eigenvalue weighted by atomic mass is 16.2. The van der Waals surface area contributed by atoms with Crippen LogP contribution in [0, 0.1) is 0 Å². The van der Waals surface area contributed by atoms with Gasteiger partial charge in [-0.3, -0.25) is 9.59 Å². The highest BCUT2D eigenvalue weighted by Gasteiger charge is 2.25. The molecule has 4 nitrogen and oxygen atoms in total. The topological polar surface area (TPSA) is 63.4 Å². The maximum atomic E-state index is 12.1. The summed E-state index contributed by atoms with van der Waals surface area (Å²) >= 11 is 0. The summed E-state index contributed by atoms with van der Waals surface area (Å²) in [4.78, 5) is 24.9. The lowest BCUT2D eigenvalue weighted by Gasteiger charge is -2.28. The quantitative estimate of drug-likeness (QED) is 0.856. The predicted octanol–water partition coefficient (Wildman–Crippen LogP) is 0.748. The molecule has 1 aliphatic rings. The zero-order valence-corrected chi connectivity index (χ0v) is 10.3. The largest absolute Gasteiger partial charge is 0.340 e. The zero-order chi connectivity index (χ0) is 13.0. The Morgan fingerprint density at radius 2 is 1.83 bits per heavy atom. The van der Waals surface area contributed by atoms with E-state index in [0.717, 1.165) is 5.56 Å². The number of amides is 1. The smallest absolute Gasteiger partial charge is 0.239 e. The number of ketones is 1. The van der Waals surface area contributed by atoms with Crippen molar-refractivity contribution < 1.29 is 9.59 Å². The molecule has 0 bridgehead atoms. The van der Waals surface area contributed by atoms with Crippen LogP contribution in [0.3, 0.4) is 0 Å². The van der Waals surface area contributed by atoms with Crippen molar-refractivity contribution in [3.8, 4) is 0 Å². The van der Waals surface area contributed by atoms with Crippen molar-refractivity contribution in [1.29, 1.82) is 0 Å². The molecule has 1 aromatic rings. The minimum Gasteiger partial charge on any atom is -0.340 e. The second-order valence-electron chi connectivity index (χ2n) is 4.66. The summed E-state index contributed by atoms with van der Waals surface area (Å²) < 4.78 is 0. The van der Waals surface area contributed by atoms with Crippen LogP contribution in [-0.4, -0.2) is 35.7 Å². The maximum Gasteiger partial charge on any atom is 0.239 e. The van der Waals surface area contributed by atoms with E-state index in [9.17, 15) is 9.59 Å². The number of benzene rings is 1. The van der Waals surface area contributed by atoms with E-state index >= 15 is 0 Å². The van der Waals surface area contributed by atoms with Gasteiger partial charge in [0.1, 0.15) is 5.78 Å². The van der Waals surface area contributed by atoms with E-state index in [4.69, 9.17) is 5.73 Å². The number of hydrogen-bond donors (Lipinski definition) is 1. The summed E-state index contributed by atoms with van der Waals surface area (Å²) in [5.41, 5.74) is 7.00. The molecule has 0 aromatic heterocycles. The Morgan fingerprint density at radius 3 is 2.44 bits per heavy atom. The first-order valence-electron chi connectivity index (χ1n) is 6.27. The molecule has 1 heterocycles. The standard InChI is InChI=1S/C14H18N2O2/c15-13(10-11-4-2-1-3-5-11)14(18)16-8-6-12(17)7-9-16/h1-5,13H,6-10,15H2/t13-/m0/s1. The van der Waals surface area contributed by atoms with Gasteiger partial charge in [-0.05, 0) is 12.0 Å². The minimum atomic E-state index is -0.513. The van der Waals surface area contributed by atoms with Gasteiger partial charge in [-0.15, -0.1) is 0 Å². The molecule has 0 aliphatic carbocycles. The fourth-order valence-electron chi connectivity index (χ4n) is 2.17. The molecular formula is C14H18N2O2. The summed E-state index contributed by atoms with van der Waals surface area (Å²) in [7, 11) is 0. The van der Waals surface area contributed by atoms with Crippen LogP contribution in [0.25, 0.3) is 0 Å². The van der Waals surface area contributed by atoms with Crippen molar-refractivity contribution in [2.24, 2.45) is 5.73 Å². The lowest BCUT2D eigenvalue weighted by atomic mass is 10.0. The minimum absolute atomic E-state index is 0.0497. The molecule has 0 spiro atoms. The second-order valence-corrected chi connectivity index (χ2v) is 4.66. The highest BCUT2D eigenvalue weighted by Crippen LogP contribution is 2.09. The first-order valence-corrected chi connectivity index (χ1v) is 6.27. The van der Waals surface area contributed by atoms with Gasteiger partial charge in [0.15, 0.2) is 0 Å². The first kappa shape index (κ1) is 12.8. The molecule has 1 fully saturated rings. The number of nitrogens with zero attached hydrogens (tertiary/aromatic N) is 1. The average molecular weight is 246 g/mol. The average Bonchev–Trinajstić information content (AvgIpc) is 2.40. The Morgan fingerprint density at radius 1 is 1.22 bits per heavy atom. The third-order valence-electron chi connectivity index (χ3n) is 3.25. The van der Waals surface area contributed by atoms with E-state index in [2.05, 4.69) is 0 Å². The van der Waals surface area contributed by atoms with Crippen molar-refractivity contribution >= 4 is 11.7 Å². The molecule has 0 unspecified atom stereocenters. The molecular weight excluding hydrogens is 228 g/mol. The van der Waals surface area contributed by atoms with E-state index in [1.165, 1.54) is 0 Å². The molecule has 0 saturated carbocycles. The lowest BCUT2D eigenvalue weighted by Crippen LogP contribution is -2.48. The van der Waals surface area contributed by atoms with E-state index < -0.39 is 6.04 Å². The molecule has 2 rings (SSSR count). The number of rotatable bonds is 3. The number of likely N-dealkylation sites (tertiary alicyclic amines) is 1. The third-order valence-corrected chi connectivity index (χ3v) is 3.25. The third kappa shape index (κ3) is 3.17. The SMILES string of the molecule is N[C@@H](Cc1ccccc1)C(=O)N1CCC(=O)CC1. The first-order chi connectivity index (χ1) is 8.66. The number of carbonyl (C=O) groups is 2. The number of Topliss-reactive ketones (excluding diaryl/α,β-unsaturated/α-hetero) is 1.